The summed E-state index contributed by atoms with van der Waals surface area (Å²) in [6.45, 7) is 15.1. The fraction of sp³-hybridized carbons (Fsp3) is 0.457. The monoisotopic (exact) mass is 666 g/mol. The van der Waals surface area contributed by atoms with Gasteiger partial charge in [-0.05, 0) is 74.0 Å². The third-order valence-corrected chi connectivity index (χ3v) is 14.2. The Kier molecular flexibility index (Phi) is 9.74. The fourth-order valence-corrected chi connectivity index (χ4v) is 7.17. The first kappa shape index (κ1) is 35.1. The van der Waals surface area contributed by atoms with Crippen molar-refractivity contribution in [1.29, 1.82) is 5.26 Å². The van der Waals surface area contributed by atoms with Crippen LogP contribution in [0.25, 0.3) is 11.3 Å². The normalized spacial score (nSPS) is 17.2. The molecule has 1 N–H and O–H groups in total. The number of nitrogens with zero attached hydrogens (tertiary/aromatic N) is 6. The summed E-state index contributed by atoms with van der Waals surface area (Å²) in [4.78, 5) is 39.4. The maximum Gasteiger partial charge on any atom is 0.329 e. The van der Waals surface area contributed by atoms with E-state index in [2.05, 4.69) is 63.2 Å². The summed E-state index contributed by atoms with van der Waals surface area (Å²) >= 11 is 0. The summed E-state index contributed by atoms with van der Waals surface area (Å²) in [6, 6.07) is 11.9. The number of hydrogen-bond donors (Lipinski definition) is 1. The van der Waals surface area contributed by atoms with Gasteiger partial charge in [0.25, 0.3) is 0 Å². The van der Waals surface area contributed by atoms with Crippen molar-refractivity contribution < 1.29 is 18.8 Å². The van der Waals surface area contributed by atoms with Gasteiger partial charge in [0.05, 0.1) is 36.3 Å². The summed E-state index contributed by atoms with van der Waals surface area (Å²) in [5.41, 5.74) is 5.63. The standard InChI is InChI=1S/C35H45BN7O4Si/c1-34(2,3)48(8,9)47-21-35(4)20-43(36-22-44)32-25(18-37)14-24(15-26(32)35)27-10-12-38-33(39-27)40-28-16-23-11-13-42(31(45)19-41(5)6)29(23)17-30(28)46-7/h10,12,14-17,22H,11,13,19-21H2,1-9H3,(H,38,39,40). The zero-order chi connectivity index (χ0) is 35.0. The molecule has 2 aliphatic rings. The summed E-state index contributed by atoms with van der Waals surface area (Å²) in [5.74, 6) is 0.974. The molecule has 11 nitrogen and oxygen atoms in total. The van der Waals surface area contributed by atoms with Gasteiger partial charge in [-0.3, -0.25) is 4.79 Å². The molecular weight excluding hydrogens is 621 g/mol. The second-order valence-corrected chi connectivity index (χ2v) is 19.5. The molecule has 1 radical (unpaired) electrons. The Bertz CT molecular complexity index is 1770. The highest BCUT2D eigenvalue weighted by Crippen LogP contribution is 2.46. The number of carbonyl (C=O) groups is 2. The van der Waals surface area contributed by atoms with Crippen LogP contribution in [0.5, 0.6) is 5.75 Å². The van der Waals surface area contributed by atoms with Crippen molar-refractivity contribution in [1.82, 2.24) is 14.9 Å². The number of benzene rings is 2. The van der Waals surface area contributed by atoms with Crippen LogP contribution in [0.4, 0.5) is 23.0 Å². The van der Waals surface area contributed by atoms with Gasteiger partial charge in [0, 0.05) is 48.6 Å². The van der Waals surface area contributed by atoms with E-state index >= 15 is 0 Å². The number of fused-ring (bicyclic) bond motifs is 2. The highest BCUT2D eigenvalue weighted by molar-refractivity contribution is 6.74. The van der Waals surface area contributed by atoms with E-state index in [1.54, 1.807) is 18.2 Å². The first-order valence-corrected chi connectivity index (χ1v) is 19.1. The maximum absolute atomic E-state index is 12.9. The predicted molar refractivity (Wildman–Crippen MR) is 193 cm³/mol. The molecule has 251 valence electrons. The summed E-state index contributed by atoms with van der Waals surface area (Å²) in [7, 11) is 4.76. The third-order valence-electron chi connectivity index (χ3n) is 9.73. The lowest BCUT2D eigenvalue weighted by atomic mass is 9.83. The Hall–Kier alpha value is -4.25. The summed E-state index contributed by atoms with van der Waals surface area (Å²) < 4.78 is 12.4. The van der Waals surface area contributed by atoms with Gasteiger partial charge < -0.3 is 33.9 Å². The van der Waals surface area contributed by atoms with Crippen LogP contribution < -0.4 is 19.8 Å². The fourth-order valence-electron chi connectivity index (χ4n) is 6.06. The number of nitrogens with one attached hydrogen (secondary N) is 1. The molecule has 5 rings (SSSR count). The molecule has 0 bridgehead atoms. The minimum Gasteiger partial charge on any atom is -0.494 e. The third kappa shape index (κ3) is 6.83. The Balaban J connectivity index is 1.48. The number of anilines is 4. The number of hydrogen-bond acceptors (Lipinski definition) is 10. The number of nitriles is 1. The molecule has 0 aliphatic carbocycles. The molecule has 0 fully saturated rings. The lowest BCUT2D eigenvalue weighted by molar-refractivity contribution is -0.119. The number of rotatable bonds is 11. The van der Waals surface area contributed by atoms with Crippen LogP contribution in [0.3, 0.4) is 0 Å². The molecule has 0 spiro atoms. The van der Waals surface area contributed by atoms with E-state index in [1.165, 1.54) is 7.41 Å². The van der Waals surface area contributed by atoms with E-state index in [1.807, 2.05) is 48.1 Å². The van der Waals surface area contributed by atoms with Crippen LogP contribution in [0.2, 0.25) is 18.1 Å². The zero-order valence-electron chi connectivity index (χ0n) is 29.5. The van der Waals surface area contributed by atoms with E-state index in [4.69, 9.17) is 14.1 Å². The average Bonchev–Trinajstić information content (AvgIpc) is 3.57. The molecule has 2 aromatic carbocycles. The van der Waals surface area contributed by atoms with Gasteiger partial charge in [0.1, 0.15) is 18.0 Å². The Morgan fingerprint density at radius 1 is 1.25 bits per heavy atom. The van der Waals surface area contributed by atoms with Crippen molar-refractivity contribution in [3.8, 4) is 23.1 Å². The van der Waals surface area contributed by atoms with E-state index in [-0.39, 0.29) is 10.9 Å². The molecule has 0 saturated heterocycles. The Labute approximate surface area is 285 Å². The number of methoxy groups -OCH3 is 1. The largest absolute Gasteiger partial charge is 0.494 e. The van der Waals surface area contributed by atoms with Crippen molar-refractivity contribution >= 4 is 50.8 Å². The second-order valence-electron chi connectivity index (χ2n) is 14.7. The lowest BCUT2D eigenvalue weighted by Gasteiger charge is -2.39. The Morgan fingerprint density at radius 3 is 2.65 bits per heavy atom. The quantitative estimate of drug-likeness (QED) is 0.218. The first-order chi connectivity index (χ1) is 22.6. The van der Waals surface area contributed by atoms with Crippen LogP contribution in [-0.4, -0.2) is 90.1 Å². The topological polar surface area (TPSA) is 124 Å². The second kappa shape index (κ2) is 13.3. The molecule has 1 amide bonds. The van der Waals surface area contributed by atoms with Crippen LogP contribution in [0.1, 0.15) is 44.4 Å². The van der Waals surface area contributed by atoms with Gasteiger partial charge >= 0.3 is 7.41 Å². The molecule has 0 saturated carbocycles. The zero-order valence-corrected chi connectivity index (χ0v) is 30.5. The van der Waals surface area contributed by atoms with Crippen molar-refractivity contribution in [2.24, 2.45) is 0 Å². The van der Waals surface area contributed by atoms with Crippen LogP contribution >= 0.6 is 0 Å². The maximum atomic E-state index is 12.9. The van der Waals surface area contributed by atoms with Crippen LogP contribution in [0, 0.1) is 11.3 Å². The number of aromatic nitrogens is 2. The minimum atomic E-state index is -2.08. The predicted octanol–water partition coefficient (Wildman–Crippen LogP) is 5.13. The smallest absolute Gasteiger partial charge is 0.329 e. The van der Waals surface area contributed by atoms with Gasteiger partial charge in [0.2, 0.25) is 11.9 Å². The molecular formula is C35H45BN7O4Si. The molecule has 1 atom stereocenters. The molecule has 48 heavy (non-hydrogen) atoms. The van der Waals surface area contributed by atoms with Gasteiger partial charge in [-0.25, -0.2) is 9.97 Å². The van der Waals surface area contributed by atoms with Crippen molar-refractivity contribution in [3.63, 3.8) is 0 Å². The van der Waals surface area contributed by atoms with Gasteiger partial charge in [-0.15, -0.1) is 0 Å². The van der Waals surface area contributed by atoms with Crippen LogP contribution in [-0.2, 0) is 25.9 Å². The van der Waals surface area contributed by atoms with Crippen LogP contribution in [0.15, 0.2) is 36.5 Å². The van der Waals surface area contributed by atoms with E-state index in [0.717, 1.165) is 40.7 Å². The SMILES string of the molecule is COc1cc2c(cc1Nc1nccc(-c3cc(C#N)c4c(c3)C(C)(CO[Si](C)(C)C(C)(C)C)CN4[B]C=O)n1)CCN2C(=O)CN(C)C. The summed E-state index contributed by atoms with van der Waals surface area (Å²) in [6.07, 6.45) is 3.17. The van der Waals surface area contributed by atoms with Gasteiger partial charge in [-0.2, -0.15) is 5.26 Å². The van der Waals surface area contributed by atoms with E-state index in [9.17, 15) is 14.9 Å². The Morgan fingerprint density at radius 2 is 2.00 bits per heavy atom. The van der Waals surface area contributed by atoms with E-state index in [0.29, 0.717) is 54.9 Å². The lowest BCUT2D eigenvalue weighted by Crippen LogP contribution is -2.46. The highest BCUT2D eigenvalue weighted by atomic mass is 28.4. The number of ether oxygens (including phenoxy) is 1. The number of amides is 1. The molecule has 2 aliphatic heterocycles. The average molecular weight is 667 g/mol. The van der Waals surface area contributed by atoms with Gasteiger partial charge in [-0.1, -0.05) is 27.7 Å². The molecule has 3 heterocycles. The van der Waals surface area contributed by atoms with Crippen molar-refractivity contribution in [2.75, 3.05) is 62.5 Å². The van der Waals surface area contributed by atoms with Crippen molar-refractivity contribution in [2.45, 2.75) is 57.7 Å². The molecule has 1 aromatic heterocycles. The summed E-state index contributed by atoms with van der Waals surface area (Å²) in [5, 5.41) is 13.6. The molecule has 1 unspecified atom stereocenters. The van der Waals surface area contributed by atoms with Gasteiger partial charge in [0.15, 0.2) is 8.32 Å². The minimum absolute atomic E-state index is 0.0355. The number of likely N-dealkylation sites (N-methyl/N-ethyl adjacent to an activating group) is 1. The molecule has 13 heteroatoms. The molecule has 3 aromatic rings. The number of carbonyl (C=O) groups excluding carboxylic acids is 2. The van der Waals surface area contributed by atoms with Crippen molar-refractivity contribution in [3.05, 3.63) is 53.2 Å². The highest BCUT2D eigenvalue weighted by Gasteiger charge is 2.44. The first-order valence-electron chi connectivity index (χ1n) is 16.1. The van der Waals surface area contributed by atoms with E-state index < -0.39 is 13.7 Å².